The molecule has 6 heteroatoms. The Morgan fingerprint density at radius 1 is 1.53 bits per heavy atom. The third kappa shape index (κ3) is 2.52. The summed E-state index contributed by atoms with van der Waals surface area (Å²) in [7, 11) is 1.54. The average molecular weight is 238 g/mol. The molecule has 0 aromatic heterocycles. The maximum atomic E-state index is 10.9. The summed E-state index contributed by atoms with van der Waals surface area (Å²) in [4.78, 5) is 22.7. The minimum Gasteiger partial charge on any atom is -0.480 e. The highest BCUT2D eigenvalue weighted by molar-refractivity contribution is 5.80. The van der Waals surface area contributed by atoms with Crippen molar-refractivity contribution in [2.75, 3.05) is 11.9 Å². The number of aliphatic carboxylic acids is 1. The molecule has 1 rings (SSSR count). The number of para-hydroxylation sites is 1. The van der Waals surface area contributed by atoms with Crippen LogP contribution in [0.15, 0.2) is 18.2 Å². The number of nitro benzene ring substituents is 1. The van der Waals surface area contributed by atoms with E-state index in [9.17, 15) is 14.9 Å². The minimum atomic E-state index is -1.02. The van der Waals surface area contributed by atoms with Gasteiger partial charge in [-0.05, 0) is 19.4 Å². The molecule has 1 atom stereocenters. The maximum Gasteiger partial charge on any atom is 0.326 e. The molecule has 0 amide bonds. The lowest BCUT2D eigenvalue weighted by atomic mass is 10.1. The van der Waals surface area contributed by atoms with Gasteiger partial charge in [0.05, 0.1) is 4.92 Å². The standard InChI is InChI=1S/C11H14N2O4/c1-7-5-4-6-9(13(16)17)10(7)12(3)8(2)11(14)15/h4-6,8H,1-3H3,(H,14,15). The zero-order chi connectivity index (χ0) is 13.2. The van der Waals surface area contributed by atoms with Gasteiger partial charge >= 0.3 is 5.97 Å². The van der Waals surface area contributed by atoms with E-state index in [-0.39, 0.29) is 5.69 Å². The lowest BCUT2D eigenvalue weighted by Crippen LogP contribution is -2.36. The smallest absolute Gasteiger partial charge is 0.326 e. The van der Waals surface area contributed by atoms with Crippen LogP contribution in [-0.4, -0.2) is 29.1 Å². The molecule has 0 aliphatic carbocycles. The second kappa shape index (κ2) is 4.82. The molecule has 1 unspecified atom stereocenters. The largest absolute Gasteiger partial charge is 0.480 e. The summed E-state index contributed by atoms with van der Waals surface area (Å²) in [6.45, 7) is 3.20. The van der Waals surface area contributed by atoms with E-state index in [2.05, 4.69) is 0 Å². The first kappa shape index (κ1) is 13.0. The van der Waals surface area contributed by atoms with Crippen LogP contribution in [0.1, 0.15) is 12.5 Å². The van der Waals surface area contributed by atoms with Gasteiger partial charge in [0, 0.05) is 13.1 Å². The predicted octanol–water partition coefficient (Wildman–Crippen LogP) is 1.81. The highest BCUT2D eigenvalue weighted by atomic mass is 16.6. The number of hydrogen-bond donors (Lipinski definition) is 1. The van der Waals surface area contributed by atoms with Gasteiger partial charge in [-0.3, -0.25) is 10.1 Å². The SMILES string of the molecule is Cc1cccc([N+](=O)[O-])c1N(C)C(C)C(=O)O. The molecule has 0 aliphatic rings. The Bertz CT molecular complexity index is 459. The summed E-state index contributed by atoms with van der Waals surface area (Å²) in [6, 6.07) is 3.84. The summed E-state index contributed by atoms with van der Waals surface area (Å²) in [5, 5.41) is 19.8. The van der Waals surface area contributed by atoms with E-state index in [1.165, 1.54) is 24.9 Å². The van der Waals surface area contributed by atoms with Crippen LogP contribution < -0.4 is 4.90 Å². The fraction of sp³-hybridized carbons (Fsp3) is 0.364. The number of carbonyl (C=O) groups is 1. The number of likely N-dealkylation sites (N-methyl/N-ethyl adjacent to an activating group) is 1. The van der Waals surface area contributed by atoms with E-state index in [0.29, 0.717) is 11.3 Å². The van der Waals surface area contributed by atoms with E-state index in [1.807, 2.05) is 0 Å². The number of carboxylic acid groups (broad SMARTS) is 1. The molecule has 0 spiro atoms. The average Bonchev–Trinajstić information content (AvgIpc) is 2.26. The van der Waals surface area contributed by atoms with Gasteiger partial charge in [0.2, 0.25) is 0 Å². The molecule has 0 saturated heterocycles. The van der Waals surface area contributed by atoms with Crippen LogP contribution in [0.25, 0.3) is 0 Å². The second-order valence-corrected chi connectivity index (χ2v) is 3.82. The number of aryl methyl sites for hydroxylation is 1. The fourth-order valence-corrected chi connectivity index (χ4v) is 1.61. The monoisotopic (exact) mass is 238 g/mol. The van der Waals surface area contributed by atoms with Crippen molar-refractivity contribution in [2.45, 2.75) is 19.9 Å². The van der Waals surface area contributed by atoms with E-state index in [1.54, 1.807) is 19.1 Å². The van der Waals surface area contributed by atoms with Crippen molar-refractivity contribution in [2.24, 2.45) is 0 Å². The van der Waals surface area contributed by atoms with Crippen molar-refractivity contribution in [1.82, 2.24) is 0 Å². The second-order valence-electron chi connectivity index (χ2n) is 3.82. The normalized spacial score (nSPS) is 11.9. The maximum absolute atomic E-state index is 10.9. The van der Waals surface area contributed by atoms with Gasteiger partial charge in [0.15, 0.2) is 0 Å². The summed E-state index contributed by atoms with van der Waals surface area (Å²) in [5.41, 5.74) is 0.933. The number of hydrogen-bond acceptors (Lipinski definition) is 4. The number of rotatable bonds is 4. The molecule has 1 N–H and O–H groups in total. The van der Waals surface area contributed by atoms with Gasteiger partial charge in [0.25, 0.3) is 5.69 Å². The van der Waals surface area contributed by atoms with Gasteiger partial charge < -0.3 is 10.0 Å². The summed E-state index contributed by atoms with van der Waals surface area (Å²) >= 11 is 0. The van der Waals surface area contributed by atoms with Gasteiger partial charge in [-0.25, -0.2) is 4.79 Å². The molecule has 1 aromatic rings. The van der Waals surface area contributed by atoms with Crippen LogP contribution in [0.5, 0.6) is 0 Å². The van der Waals surface area contributed by atoms with Crippen LogP contribution >= 0.6 is 0 Å². The Labute approximate surface area is 98.6 Å². The number of nitrogens with zero attached hydrogens (tertiary/aromatic N) is 2. The minimum absolute atomic E-state index is 0.0828. The highest BCUT2D eigenvalue weighted by Gasteiger charge is 2.25. The molecule has 92 valence electrons. The highest BCUT2D eigenvalue weighted by Crippen LogP contribution is 2.31. The third-order valence-electron chi connectivity index (χ3n) is 2.70. The van der Waals surface area contributed by atoms with Crippen LogP contribution in [0.2, 0.25) is 0 Å². The van der Waals surface area contributed by atoms with Gasteiger partial charge in [-0.15, -0.1) is 0 Å². The Morgan fingerprint density at radius 2 is 2.12 bits per heavy atom. The zero-order valence-corrected chi connectivity index (χ0v) is 9.88. The van der Waals surface area contributed by atoms with Crippen LogP contribution in [0, 0.1) is 17.0 Å². The number of nitro groups is 1. The first-order chi connectivity index (χ1) is 7.86. The van der Waals surface area contributed by atoms with E-state index < -0.39 is 16.9 Å². The van der Waals surface area contributed by atoms with Crippen molar-refractivity contribution < 1.29 is 14.8 Å². The third-order valence-corrected chi connectivity index (χ3v) is 2.70. The van der Waals surface area contributed by atoms with Crippen molar-refractivity contribution >= 4 is 17.3 Å². The molecular weight excluding hydrogens is 224 g/mol. The van der Waals surface area contributed by atoms with Crippen LogP contribution in [-0.2, 0) is 4.79 Å². The quantitative estimate of drug-likeness (QED) is 0.638. The van der Waals surface area contributed by atoms with Crippen molar-refractivity contribution in [3.63, 3.8) is 0 Å². The molecule has 0 radical (unpaired) electrons. The Kier molecular flexibility index (Phi) is 3.67. The summed E-state index contributed by atoms with van der Waals surface area (Å²) in [6.07, 6.45) is 0. The fourth-order valence-electron chi connectivity index (χ4n) is 1.61. The van der Waals surface area contributed by atoms with Crippen molar-refractivity contribution in [3.8, 4) is 0 Å². The Balaban J connectivity index is 3.29. The lowest BCUT2D eigenvalue weighted by molar-refractivity contribution is -0.384. The molecule has 6 nitrogen and oxygen atoms in total. The number of carboxylic acids is 1. The molecule has 17 heavy (non-hydrogen) atoms. The molecule has 0 heterocycles. The molecule has 0 fully saturated rings. The molecule has 0 aliphatic heterocycles. The topological polar surface area (TPSA) is 83.7 Å². The van der Waals surface area contributed by atoms with E-state index >= 15 is 0 Å². The molecular formula is C11H14N2O4. The summed E-state index contributed by atoms with van der Waals surface area (Å²) < 4.78 is 0. The first-order valence-electron chi connectivity index (χ1n) is 5.06. The van der Waals surface area contributed by atoms with Crippen molar-refractivity contribution in [3.05, 3.63) is 33.9 Å². The number of anilines is 1. The first-order valence-corrected chi connectivity index (χ1v) is 5.06. The van der Waals surface area contributed by atoms with Gasteiger partial charge in [-0.2, -0.15) is 0 Å². The van der Waals surface area contributed by atoms with Crippen molar-refractivity contribution in [1.29, 1.82) is 0 Å². The summed E-state index contributed by atoms with van der Waals surface area (Å²) in [5.74, 6) is -1.02. The van der Waals surface area contributed by atoms with Crippen LogP contribution in [0.3, 0.4) is 0 Å². The Morgan fingerprint density at radius 3 is 2.59 bits per heavy atom. The van der Waals surface area contributed by atoms with Crippen LogP contribution in [0.4, 0.5) is 11.4 Å². The predicted molar refractivity (Wildman–Crippen MR) is 63.3 cm³/mol. The molecule has 0 saturated carbocycles. The van der Waals surface area contributed by atoms with Gasteiger partial charge in [0.1, 0.15) is 11.7 Å². The Hall–Kier alpha value is -2.11. The van der Waals surface area contributed by atoms with E-state index in [0.717, 1.165) is 0 Å². The molecule has 0 bridgehead atoms. The number of benzene rings is 1. The molecule has 1 aromatic carbocycles. The van der Waals surface area contributed by atoms with Gasteiger partial charge in [-0.1, -0.05) is 12.1 Å². The van der Waals surface area contributed by atoms with E-state index in [4.69, 9.17) is 5.11 Å². The lowest BCUT2D eigenvalue weighted by Gasteiger charge is -2.24. The zero-order valence-electron chi connectivity index (χ0n) is 9.88.